The zero-order valence-corrected chi connectivity index (χ0v) is 15.0. The van der Waals surface area contributed by atoms with E-state index in [1.165, 1.54) is 18.3 Å². The number of rotatable bonds is 3. The average molecular weight is 420 g/mol. The number of benzene rings is 1. The molecule has 2 aromatic rings. The number of hydrogen-bond donors (Lipinski definition) is 1. The summed E-state index contributed by atoms with van der Waals surface area (Å²) in [5.41, 5.74) is -0.447. The summed E-state index contributed by atoms with van der Waals surface area (Å²) in [5, 5.41) is 19.2. The van der Waals surface area contributed by atoms with Gasteiger partial charge in [-0.05, 0) is 41.6 Å². The van der Waals surface area contributed by atoms with Crippen LogP contribution in [0.3, 0.4) is 0 Å². The van der Waals surface area contributed by atoms with Crippen LogP contribution in [-0.2, 0) is 4.79 Å². The van der Waals surface area contributed by atoms with Crippen LogP contribution in [0.5, 0.6) is 0 Å². The first kappa shape index (κ1) is 18.9. The van der Waals surface area contributed by atoms with E-state index in [1.807, 2.05) is 0 Å². The maximum absolute atomic E-state index is 13.2. The molecule has 0 spiro atoms. The number of thioether (sulfide) groups is 1. The topological polar surface area (TPSA) is 64.2 Å². The van der Waals surface area contributed by atoms with Gasteiger partial charge in [0.2, 0.25) is 0 Å². The minimum absolute atomic E-state index is 0.213. The fourth-order valence-electron chi connectivity index (χ4n) is 2.30. The van der Waals surface area contributed by atoms with Crippen LogP contribution in [-0.4, -0.2) is 22.5 Å². The molecule has 1 N–H and O–H groups in total. The zero-order valence-electron chi connectivity index (χ0n) is 12.7. The van der Waals surface area contributed by atoms with Crippen LogP contribution < -0.4 is 4.73 Å². The van der Waals surface area contributed by atoms with Crippen molar-refractivity contribution in [2.24, 2.45) is 0 Å². The van der Waals surface area contributed by atoms with Crippen LogP contribution in [0.25, 0.3) is 6.08 Å². The Morgan fingerprint density at radius 2 is 2.08 bits per heavy atom. The quantitative estimate of drug-likeness (QED) is 0.580. The van der Waals surface area contributed by atoms with E-state index in [9.17, 15) is 23.2 Å². The molecule has 1 aliphatic heterocycles. The number of aromatic nitrogens is 1. The molecule has 10 heteroatoms. The van der Waals surface area contributed by atoms with Gasteiger partial charge in [0.15, 0.2) is 6.20 Å². The predicted octanol–water partition coefficient (Wildman–Crippen LogP) is 4.63. The minimum atomic E-state index is -4.71. The Bertz CT molecular complexity index is 918. The molecule has 0 amide bonds. The standard InChI is InChI=1S/C16H9ClF3NO3S2/c17-10-6-8-5-9(15(22)23)14(16(18,19)20)26-11(8)7-12(10)25-13-3-1-2-4-21(13)24/h1-7,14H,(H,22,23). The van der Waals surface area contributed by atoms with Crippen LogP contribution in [0, 0.1) is 5.21 Å². The van der Waals surface area contributed by atoms with Crippen LogP contribution in [0.1, 0.15) is 5.56 Å². The van der Waals surface area contributed by atoms with Gasteiger partial charge in [0.25, 0.3) is 5.03 Å². The summed E-state index contributed by atoms with van der Waals surface area (Å²) in [6, 6.07) is 7.60. The van der Waals surface area contributed by atoms with Gasteiger partial charge in [0, 0.05) is 21.9 Å². The first-order valence-electron chi connectivity index (χ1n) is 7.04. The van der Waals surface area contributed by atoms with Crippen molar-refractivity contribution in [2.75, 3.05) is 0 Å². The maximum Gasteiger partial charge on any atom is 0.405 e. The van der Waals surface area contributed by atoms with E-state index in [0.717, 1.165) is 17.8 Å². The van der Waals surface area contributed by atoms with Crippen LogP contribution in [0.2, 0.25) is 5.02 Å². The predicted molar refractivity (Wildman–Crippen MR) is 92.3 cm³/mol. The normalized spacial score (nSPS) is 16.8. The first-order valence-corrected chi connectivity index (χ1v) is 9.12. The van der Waals surface area contributed by atoms with E-state index in [4.69, 9.17) is 16.7 Å². The number of alkyl halides is 3. The van der Waals surface area contributed by atoms with Crippen molar-refractivity contribution in [3.63, 3.8) is 0 Å². The lowest BCUT2D eigenvalue weighted by Crippen LogP contribution is -2.32. The fraction of sp³-hybridized carbons (Fsp3) is 0.125. The van der Waals surface area contributed by atoms with Crippen molar-refractivity contribution in [3.05, 3.63) is 57.9 Å². The summed E-state index contributed by atoms with van der Waals surface area (Å²) in [6.45, 7) is 0. The summed E-state index contributed by atoms with van der Waals surface area (Å²) < 4.78 is 40.3. The van der Waals surface area contributed by atoms with Crippen molar-refractivity contribution >= 4 is 47.2 Å². The first-order chi connectivity index (χ1) is 12.2. The van der Waals surface area contributed by atoms with Gasteiger partial charge in [0.1, 0.15) is 5.25 Å². The molecule has 1 unspecified atom stereocenters. The van der Waals surface area contributed by atoms with Crippen molar-refractivity contribution in [1.29, 1.82) is 0 Å². The number of fused-ring (bicyclic) bond motifs is 1. The van der Waals surface area contributed by atoms with E-state index < -0.39 is 23.0 Å². The Morgan fingerprint density at radius 1 is 1.35 bits per heavy atom. The summed E-state index contributed by atoms with van der Waals surface area (Å²) in [4.78, 5) is 11.8. The van der Waals surface area contributed by atoms with Gasteiger partial charge in [-0.1, -0.05) is 11.6 Å². The molecule has 3 rings (SSSR count). The molecule has 0 saturated heterocycles. The van der Waals surface area contributed by atoms with E-state index in [1.54, 1.807) is 18.2 Å². The number of carboxylic acid groups (broad SMARTS) is 1. The van der Waals surface area contributed by atoms with Crippen molar-refractivity contribution in [1.82, 2.24) is 0 Å². The van der Waals surface area contributed by atoms with Gasteiger partial charge in [-0.15, -0.1) is 11.8 Å². The molecular formula is C16H9ClF3NO3S2. The van der Waals surface area contributed by atoms with E-state index in [2.05, 4.69) is 0 Å². The number of carboxylic acids is 1. The number of carbonyl (C=O) groups is 1. The van der Waals surface area contributed by atoms with E-state index in [0.29, 0.717) is 32.0 Å². The molecule has 26 heavy (non-hydrogen) atoms. The monoisotopic (exact) mass is 419 g/mol. The van der Waals surface area contributed by atoms with Crippen molar-refractivity contribution < 1.29 is 27.8 Å². The second-order valence-corrected chi connectivity index (χ2v) is 7.85. The maximum atomic E-state index is 13.2. The van der Waals surface area contributed by atoms with Gasteiger partial charge < -0.3 is 10.3 Å². The van der Waals surface area contributed by atoms with Crippen LogP contribution in [0.4, 0.5) is 13.2 Å². The zero-order chi connectivity index (χ0) is 19.1. The molecule has 2 heterocycles. The highest BCUT2D eigenvalue weighted by molar-refractivity contribution is 8.00. The SMILES string of the molecule is O=C(O)C1=Cc2cc(Cl)c(Sc3cccc[n+]3[O-])cc2SC1C(F)(F)F. The smallest absolute Gasteiger partial charge is 0.405 e. The molecule has 0 fully saturated rings. The number of aliphatic carboxylic acids is 1. The number of nitrogens with zero attached hydrogens (tertiary/aromatic N) is 1. The van der Waals surface area contributed by atoms with Gasteiger partial charge in [-0.2, -0.15) is 17.9 Å². The van der Waals surface area contributed by atoms with Gasteiger partial charge >= 0.3 is 12.1 Å². The summed E-state index contributed by atoms with van der Waals surface area (Å²) in [5.74, 6) is -1.63. The van der Waals surface area contributed by atoms with Crippen molar-refractivity contribution in [2.45, 2.75) is 26.2 Å². The highest BCUT2D eigenvalue weighted by atomic mass is 35.5. The number of halogens is 4. The third kappa shape index (κ3) is 3.79. The Balaban J connectivity index is 2.03. The number of pyridine rings is 1. The van der Waals surface area contributed by atoms with Gasteiger partial charge in [0.05, 0.1) is 10.6 Å². The molecule has 4 nitrogen and oxygen atoms in total. The Hall–Kier alpha value is -1.84. The molecule has 136 valence electrons. The lowest BCUT2D eigenvalue weighted by molar-refractivity contribution is -0.645. The molecule has 1 aromatic carbocycles. The van der Waals surface area contributed by atoms with E-state index in [-0.39, 0.29) is 9.92 Å². The van der Waals surface area contributed by atoms with Crippen LogP contribution >= 0.6 is 35.1 Å². The highest BCUT2D eigenvalue weighted by Crippen LogP contribution is 2.47. The second-order valence-electron chi connectivity index (χ2n) is 5.23. The lowest BCUT2D eigenvalue weighted by atomic mass is 10.1. The van der Waals surface area contributed by atoms with Gasteiger partial charge in [-0.3, -0.25) is 0 Å². The fourth-order valence-corrected chi connectivity index (χ4v) is 4.64. The lowest BCUT2D eigenvalue weighted by Gasteiger charge is -2.25. The van der Waals surface area contributed by atoms with Crippen molar-refractivity contribution in [3.8, 4) is 0 Å². The third-order valence-electron chi connectivity index (χ3n) is 3.45. The summed E-state index contributed by atoms with van der Waals surface area (Å²) in [6.07, 6.45) is -2.43. The molecule has 1 aromatic heterocycles. The third-order valence-corrected chi connectivity index (χ3v) is 6.32. The summed E-state index contributed by atoms with van der Waals surface area (Å²) >= 11 is 7.60. The molecule has 0 aliphatic carbocycles. The summed E-state index contributed by atoms with van der Waals surface area (Å²) in [7, 11) is 0. The highest BCUT2D eigenvalue weighted by Gasteiger charge is 2.47. The molecular weight excluding hydrogens is 411 g/mol. The largest absolute Gasteiger partial charge is 0.618 e. The Kier molecular flexibility index (Phi) is 5.14. The minimum Gasteiger partial charge on any atom is -0.618 e. The van der Waals surface area contributed by atoms with Gasteiger partial charge in [-0.25, -0.2) is 4.79 Å². The molecule has 1 atom stereocenters. The second kappa shape index (κ2) is 7.05. The average Bonchev–Trinajstić information content (AvgIpc) is 2.55. The molecule has 0 radical (unpaired) electrons. The Morgan fingerprint density at radius 3 is 2.69 bits per heavy atom. The molecule has 1 aliphatic rings. The number of hydrogen-bond acceptors (Lipinski definition) is 4. The molecule has 0 bridgehead atoms. The van der Waals surface area contributed by atoms with E-state index >= 15 is 0 Å². The Labute approximate surface area is 159 Å². The molecule has 0 saturated carbocycles. The van der Waals surface area contributed by atoms with Crippen LogP contribution in [0.15, 0.2) is 56.9 Å².